The summed E-state index contributed by atoms with van der Waals surface area (Å²) in [5.41, 5.74) is 12.2. The molecule has 3 aromatic heterocycles. The molecular formula is C50H57F2N11O5. The van der Waals surface area contributed by atoms with Crippen LogP contribution in [0.15, 0.2) is 60.9 Å². The Morgan fingerprint density at radius 3 is 2.31 bits per heavy atom. The number of piperidine rings is 2. The maximum Gasteiger partial charge on any atom is 0.328 e. The molecular weight excluding hydrogens is 873 g/mol. The minimum Gasteiger partial charge on any atom is -0.507 e. The zero-order chi connectivity index (χ0) is 46.3. The van der Waals surface area contributed by atoms with Crippen molar-refractivity contribution in [2.24, 2.45) is 5.92 Å². The van der Waals surface area contributed by atoms with Crippen molar-refractivity contribution in [2.75, 3.05) is 90.9 Å². The standard InChI is InChI=1S/C50H57F2N11O5/c51-32-3-8-45(64)39(19-32)42-22-44(47(53)57-56-42)60-25-34-4-5-35(26-60)63(34)33-6-7-41(52)43(21-33)59-14-9-30(10-15-59)24-58-17-12-50(13-18-58)67-28-37(29-68-50)62-27-40(31-1-2-31)38-20-36(23-54-48(38)62)61-16-11-46(65)55-49(61)66/h3,6-8,19-23,27,30-31,34-35,37,64H,1-2,4-5,9-18,24-26,28-29H2,(H2,53,57)(H,55,65,66). The summed E-state index contributed by atoms with van der Waals surface area (Å²) in [5, 5.41) is 22.2. The Hall–Kier alpha value is -6.11. The van der Waals surface area contributed by atoms with E-state index < -0.39 is 17.6 Å². The molecule has 2 aromatic carbocycles. The maximum atomic E-state index is 15.7. The van der Waals surface area contributed by atoms with E-state index in [4.69, 9.17) is 20.2 Å². The molecule has 3 amide bonds. The highest BCUT2D eigenvalue weighted by molar-refractivity contribution is 6.06. The second-order valence-electron chi connectivity index (χ2n) is 20.0. The van der Waals surface area contributed by atoms with Gasteiger partial charge < -0.3 is 44.5 Å². The number of rotatable bonds is 9. The van der Waals surface area contributed by atoms with Crippen LogP contribution in [-0.2, 0) is 14.3 Å². The predicted octanol–water partition coefficient (Wildman–Crippen LogP) is 6.54. The molecule has 5 aromatic rings. The van der Waals surface area contributed by atoms with Crippen molar-refractivity contribution in [3.63, 3.8) is 0 Å². The zero-order valence-corrected chi connectivity index (χ0v) is 38.0. The number of fused-ring (bicyclic) bond motifs is 3. The number of amides is 3. The number of ether oxygens (including phenoxy) is 2. The molecule has 0 radical (unpaired) electrons. The Kier molecular flexibility index (Phi) is 10.9. The monoisotopic (exact) mass is 929 g/mol. The topological polar surface area (TPSA) is 171 Å². The van der Waals surface area contributed by atoms with Gasteiger partial charge in [-0.2, -0.15) is 0 Å². The van der Waals surface area contributed by atoms with Crippen LogP contribution in [0.3, 0.4) is 0 Å². The minimum atomic E-state index is -0.588. The normalized spacial score (nSPS) is 23.9. The average molecular weight is 930 g/mol. The number of phenols is 1. The van der Waals surface area contributed by atoms with Gasteiger partial charge in [0.05, 0.1) is 48.2 Å². The Balaban J connectivity index is 0.638. The van der Waals surface area contributed by atoms with Crippen molar-refractivity contribution in [3.8, 4) is 17.0 Å². The molecule has 7 aliphatic rings. The molecule has 6 saturated heterocycles. The lowest BCUT2D eigenvalue weighted by Gasteiger charge is -2.46. The van der Waals surface area contributed by atoms with E-state index in [-0.39, 0.29) is 53.4 Å². The van der Waals surface area contributed by atoms with Crippen molar-refractivity contribution in [2.45, 2.75) is 87.6 Å². The fourth-order valence-electron chi connectivity index (χ4n) is 11.8. The number of nitrogens with two attached hydrogens (primary N) is 1. The number of aromatic hydroxyl groups is 1. The summed E-state index contributed by atoms with van der Waals surface area (Å²) < 4.78 is 45.2. The van der Waals surface area contributed by atoms with Crippen molar-refractivity contribution < 1.29 is 33.0 Å². The first-order valence-electron chi connectivity index (χ1n) is 24.4. The lowest BCUT2D eigenvalue weighted by molar-refractivity contribution is -0.295. The number of urea groups is 1. The van der Waals surface area contributed by atoms with Gasteiger partial charge in [0.2, 0.25) is 5.91 Å². The summed E-state index contributed by atoms with van der Waals surface area (Å²) in [5.74, 6) is -0.310. The van der Waals surface area contributed by atoms with Gasteiger partial charge in [-0.05, 0) is 104 Å². The molecule has 7 fully saturated rings. The maximum absolute atomic E-state index is 15.7. The van der Waals surface area contributed by atoms with E-state index in [1.807, 2.05) is 18.2 Å². The molecule has 12 rings (SSSR count). The van der Waals surface area contributed by atoms with Gasteiger partial charge in [-0.1, -0.05) is 0 Å². The Morgan fingerprint density at radius 2 is 1.57 bits per heavy atom. The number of anilines is 5. The van der Waals surface area contributed by atoms with Crippen LogP contribution in [-0.4, -0.2) is 125 Å². The third-order valence-electron chi connectivity index (χ3n) is 15.7. The molecule has 2 atom stereocenters. The quantitative estimate of drug-likeness (QED) is 0.146. The summed E-state index contributed by atoms with van der Waals surface area (Å²) in [6.07, 6.45) is 12.1. The molecule has 1 aliphatic carbocycles. The van der Waals surface area contributed by atoms with Crippen LogP contribution >= 0.6 is 0 Å². The smallest absolute Gasteiger partial charge is 0.328 e. The SMILES string of the molecule is Nc1nnc(-c2cc(F)ccc2O)cc1N1CC2CCC(C1)N2c1ccc(F)c(N2CCC(CN3CCC4(CC3)OCC(n3cc(C5CC5)c5cc(N6CCC(=O)NC6=O)cnc53)CO4)CC2)c1. The van der Waals surface area contributed by atoms with Crippen molar-refractivity contribution >= 4 is 51.5 Å². The van der Waals surface area contributed by atoms with Crippen LogP contribution in [0.5, 0.6) is 5.75 Å². The van der Waals surface area contributed by atoms with Gasteiger partial charge in [0, 0.05) is 107 Å². The number of benzene rings is 2. The van der Waals surface area contributed by atoms with Crippen molar-refractivity contribution in [1.29, 1.82) is 0 Å². The predicted molar refractivity (Wildman–Crippen MR) is 253 cm³/mol. The molecule has 9 heterocycles. The highest BCUT2D eigenvalue weighted by Gasteiger charge is 2.44. The summed E-state index contributed by atoms with van der Waals surface area (Å²) in [4.78, 5) is 40.3. The number of aromatic nitrogens is 4. The van der Waals surface area contributed by atoms with Crippen LogP contribution in [0.1, 0.15) is 75.3 Å². The van der Waals surface area contributed by atoms with E-state index in [2.05, 4.69) is 45.9 Å². The molecule has 1 saturated carbocycles. The van der Waals surface area contributed by atoms with E-state index >= 15 is 4.39 Å². The van der Waals surface area contributed by atoms with Crippen LogP contribution in [0.2, 0.25) is 0 Å². The third-order valence-corrected chi connectivity index (χ3v) is 15.7. The van der Waals surface area contributed by atoms with E-state index in [1.54, 1.807) is 23.2 Å². The highest BCUT2D eigenvalue weighted by atomic mass is 19.1. The van der Waals surface area contributed by atoms with Crippen molar-refractivity contribution in [3.05, 3.63) is 78.1 Å². The summed E-state index contributed by atoms with van der Waals surface area (Å²) in [6, 6.07) is 13.1. The number of pyridine rings is 1. The number of nitrogens with one attached hydrogen (secondary N) is 1. The molecule has 16 nitrogen and oxygen atoms in total. The highest BCUT2D eigenvalue weighted by Crippen LogP contribution is 2.46. The van der Waals surface area contributed by atoms with Gasteiger partial charge in [0.1, 0.15) is 23.0 Å². The second-order valence-corrected chi connectivity index (χ2v) is 20.0. The van der Waals surface area contributed by atoms with E-state index in [1.165, 1.54) is 23.8 Å². The van der Waals surface area contributed by atoms with Crippen LogP contribution in [0.4, 0.5) is 42.1 Å². The number of piperazine rings is 1. The Bertz CT molecular complexity index is 2750. The minimum absolute atomic E-state index is 0.0177. The molecule has 18 heteroatoms. The first kappa shape index (κ1) is 43.2. The molecule has 2 unspecified atom stereocenters. The van der Waals surface area contributed by atoms with E-state index in [0.717, 1.165) is 101 Å². The lowest BCUT2D eigenvalue weighted by Crippen LogP contribution is -2.54. The van der Waals surface area contributed by atoms with Crippen LogP contribution in [0, 0.1) is 17.6 Å². The van der Waals surface area contributed by atoms with E-state index in [0.29, 0.717) is 67.4 Å². The number of carbonyl (C=O) groups is 2. The third kappa shape index (κ3) is 8.02. The lowest BCUT2D eigenvalue weighted by atomic mass is 9.94. The second kappa shape index (κ2) is 17.1. The Labute approximate surface area is 393 Å². The number of halogens is 2. The van der Waals surface area contributed by atoms with Crippen LogP contribution in [0.25, 0.3) is 22.3 Å². The number of phenolic OH excluding ortho intramolecular Hbond substituents is 1. The number of imide groups is 1. The number of hydrogen-bond acceptors (Lipinski definition) is 13. The number of carbonyl (C=O) groups excluding carboxylic acids is 2. The number of likely N-dealkylation sites (tertiary alicyclic amines) is 1. The largest absolute Gasteiger partial charge is 0.507 e. The fraction of sp³-hybridized carbons (Fsp3) is 0.500. The molecule has 356 valence electrons. The van der Waals surface area contributed by atoms with Gasteiger partial charge in [-0.3, -0.25) is 15.0 Å². The Morgan fingerprint density at radius 1 is 0.809 bits per heavy atom. The summed E-state index contributed by atoms with van der Waals surface area (Å²) in [6.45, 7) is 7.20. The van der Waals surface area contributed by atoms with Gasteiger partial charge >= 0.3 is 6.03 Å². The van der Waals surface area contributed by atoms with Crippen molar-refractivity contribution in [1.82, 2.24) is 30.0 Å². The van der Waals surface area contributed by atoms with Gasteiger partial charge in [-0.15, -0.1) is 10.2 Å². The van der Waals surface area contributed by atoms with Gasteiger partial charge in [0.25, 0.3) is 0 Å². The molecule has 68 heavy (non-hydrogen) atoms. The number of nitrogen functional groups attached to an aromatic ring is 1. The summed E-state index contributed by atoms with van der Waals surface area (Å²) in [7, 11) is 0. The molecule has 1 spiro atoms. The number of nitrogens with zero attached hydrogens (tertiary/aromatic N) is 9. The average Bonchev–Trinajstić information content (AvgIpc) is 4.07. The van der Waals surface area contributed by atoms with Gasteiger partial charge in [0.15, 0.2) is 11.6 Å². The summed E-state index contributed by atoms with van der Waals surface area (Å²) >= 11 is 0. The first-order valence-corrected chi connectivity index (χ1v) is 24.4. The van der Waals surface area contributed by atoms with Gasteiger partial charge in [-0.25, -0.2) is 18.6 Å². The molecule has 4 N–H and O–H groups in total. The zero-order valence-electron chi connectivity index (χ0n) is 38.0. The fourth-order valence-corrected chi connectivity index (χ4v) is 11.8. The molecule has 6 aliphatic heterocycles. The molecule has 2 bridgehead atoms. The first-order chi connectivity index (χ1) is 33.0. The van der Waals surface area contributed by atoms with Crippen LogP contribution < -0.4 is 30.7 Å². The number of hydrogen-bond donors (Lipinski definition) is 3. The van der Waals surface area contributed by atoms with E-state index in [9.17, 15) is 19.1 Å².